The third-order valence-corrected chi connectivity index (χ3v) is 4.59. The molecule has 1 atom stereocenters. The molecule has 1 aromatic rings. The minimum absolute atomic E-state index is 0.248. The van der Waals surface area contributed by atoms with Gasteiger partial charge < -0.3 is 5.32 Å². The summed E-state index contributed by atoms with van der Waals surface area (Å²) in [6, 6.07) is 4.16. The molecule has 1 N–H and O–H groups in total. The van der Waals surface area contributed by atoms with E-state index in [1.54, 1.807) is 0 Å². The molecule has 1 aromatic carbocycles. The molecule has 0 aliphatic heterocycles. The normalized spacial score (nSPS) is 19.2. The second-order valence-electron chi connectivity index (χ2n) is 6.35. The Hall–Kier alpha value is -0.960. The highest BCUT2D eigenvalue weighted by molar-refractivity contribution is 5.19. The fourth-order valence-corrected chi connectivity index (χ4v) is 3.38. The fourth-order valence-electron chi connectivity index (χ4n) is 3.38. The lowest BCUT2D eigenvalue weighted by molar-refractivity contribution is 0.219. The van der Waals surface area contributed by atoms with Crippen LogP contribution in [-0.4, -0.2) is 12.6 Å². The van der Waals surface area contributed by atoms with Gasteiger partial charge in [-0.3, -0.25) is 0 Å². The van der Waals surface area contributed by atoms with E-state index in [4.69, 9.17) is 0 Å². The first kappa shape index (κ1) is 15.4. The summed E-state index contributed by atoms with van der Waals surface area (Å²) in [5.74, 6) is -0.961. The topological polar surface area (TPSA) is 12.0 Å². The van der Waals surface area contributed by atoms with Crippen molar-refractivity contribution in [1.82, 2.24) is 5.32 Å². The SMILES string of the molecule is CCCNC(Cc1cc(F)cc(F)c1)C1(C)CCCC1. The first-order valence-electron chi connectivity index (χ1n) is 7.72. The maximum Gasteiger partial charge on any atom is 0.126 e. The van der Waals surface area contributed by atoms with Gasteiger partial charge in [0.15, 0.2) is 0 Å². The van der Waals surface area contributed by atoms with Gasteiger partial charge in [-0.25, -0.2) is 8.78 Å². The highest BCUT2D eigenvalue weighted by Crippen LogP contribution is 2.41. The summed E-state index contributed by atoms with van der Waals surface area (Å²) in [6.45, 7) is 5.41. The standard InChI is InChI=1S/C17H25F2N/c1-3-8-20-16(17(2)6-4-5-7-17)11-13-9-14(18)12-15(19)10-13/h9-10,12,16,20H,3-8,11H2,1-2H3. The molecular formula is C17H25F2N. The third kappa shape index (κ3) is 3.78. The van der Waals surface area contributed by atoms with Gasteiger partial charge in [-0.05, 0) is 55.3 Å². The summed E-state index contributed by atoms with van der Waals surface area (Å²) < 4.78 is 26.7. The lowest BCUT2D eigenvalue weighted by atomic mass is 9.77. The Kier molecular flexibility index (Phi) is 5.14. The smallest absolute Gasteiger partial charge is 0.126 e. The zero-order chi connectivity index (χ0) is 14.6. The molecule has 0 saturated heterocycles. The van der Waals surface area contributed by atoms with Crippen LogP contribution in [0.4, 0.5) is 8.78 Å². The minimum atomic E-state index is -0.481. The number of hydrogen-bond donors (Lipinski definition) is 1. The first-order chi connectivity index (χ1) is 9.53. The summed E-state index contributed by atoms with van der Waals surface area (Å²) in [6.07, 6.45) is 6.70. The largest absolute Gasteiger partial charge is 0.313 e. The first-order valence-corrected chi connectivity index (χ1v) is 7.72. The van der Waals surface area contributed by atoms with Crippen LogP contribution >= 0.6 is 0 Å². The molecule has 0 amide bonds. The van der Waals surface area contributed by atoms with Gasteiger partial charge >= 0.3 is 0 Å². The van der Waals surface area contributed by atoms with Crippen molar-refractivity contribution >= 4 is 0 Å². The predicted octanol–water partition coefficient (Wildman–Crippen LogP) is 4.46. The molecule has 0 radical (unpaired) electrons. The number of hydrogen-bond acceptors (Lipinski definition) is 1. The van der Waals surface area contributed by atoms with Gasteiger partial charge in [-0.15, -0.1) is 0 Å². The van der Waals surface area contributed by atoms with Gasteiger partial charge in [-0.1, -0.05) is 26.7 Å². The Bertz CT molecular complexity index is 418. The summed E-state index contributed by atoms with van der Waals surface area (Å²) in [7, 11) is 0. The van der Waals surface area contributed by atoms with Crippen LogP contribution in [0, 0.1) is 17.0 Å². The highest BCUT2D eigenvalue weighted by atomic mass is 19.1. The molecular weight excluding hydrogens is 256 g/mol. The lowest BCUT2D eigenvalue weighted by Crippen LogP contribution is -2.44. The van der Waals surface area contributed by atoms with Crippen molar-refractivity contribution in [2.24, 2.45) is 5.41 Å². The molecule has 1 saturated carbocycles. The van der Waals surface area contributed by atoms with E-state index >= 15 is 0 Å². The summed E-state index contributed by atoms with van der Waals surface area (Å²) in [5.41, 5.74) is 1.00. The van der Waals surface area contributed by atoms with Crippen LogP contribution in [0.5, 0.6) is 0 Å². The average molecular weight is 281 g/mol. The van der Waals surface area contributed by atoms with Crippen molar-refractivity contribution in [2.45, 2.75) is 58.4 Å². The molecule has 1 nitrogen and oxygen atoms in total. The van der Waals surface area contributed by atoms with Gasteiger partial charge in [0.1, 0.15) is 11.6 Å². The van der Waals surface area contributed by atoms with Crippen LogP contribution in [0.1, 0.15) is 51.5 Å². The van der Waals surface area contributed by atoms with Gasteiger partial charge in [0.2, 0.25) is 0 Å². The molecule has 20 heavy (non-hydrogen) atoms. The zero-order valence-electron chi connectivity index (χ0n) is 12.5. The molecule has 2 rings (SSSR count). The predicted molar refractivity (Wildman–Crippen MR) is 78.7 cm³/mol. The zero-order valence-corrected chi connectivity index (χ0v) is 12.5. The average Bonchev–Trinajstić information content (AvgIpc) is 2.81. The quantitative estimate of drug-likeness (QED) is 0.812. The monoisotopic (exact) mass is 281 g/mol. The molecule has 112 valence electrons. The van der Waals surface area contributed by atoms with E-state index in [-0.39, 0.29) is 5.41 Å². The third-order valence-electron chi connectivity index (χ3n) is 4.59. The Morgan fingerprint density at radius 2 is 1.75 bits per heavy atom. The van der Waals surface area contributed by atoms with Crippen molar-refractivity contribution < 1.29 is 8.78 Å². The Morgan fingerprint density at radius 3 is 2.30 bits per heavy atom. The van der Waals surface area contributed by atoms with Crippen molar-refractivity contribution in [2.75, 3.05) is 6.54 Å². The second-order valence-corrected chi connectivity index (χ2v) is 6.35. The van der Waals surface area contributed by atoms with Crippen molar-refractivity contribution in [3.63, 3.8) is 0 Å². The molecule has 0 bridgehead atoms. The summed E-state index contributed by atoms with van der Waals surface area (Å²) >= 11 is 0. The number of nitrogens with one attached hydrogen (secondary N) is 1. The Labute approximate surface area is 120 Å². The van der Waals surface area contributed by atoms with E-state index in [2.05, 4.69) is 19.2 Å². The van der Waals surface area contributed by atoms with E-state index in [1.807, 2.05) is 0 Å². The van der Waals surface area contributed by atoms with Crippen molar-refractivity contribution in [3.8, 4) is 0 Å². The number of halogens is 2. The number of rotatable bonds is 6. The van der Waals surface area contributed by atoms with Gasteiger partial charge in [0.25, 0.3) is 0 Å². The maximum atomic E-state index is 13.3. The molecule has 1 unspecified atom stereocenters. The summed E-state index contributed by atoms with van der Waals surface area (Å²) in [4.78, 5) is 0. The Balaban J connectivity index is 2.14. The van der Waals surface area contributed by atoms with E-state index in [1.165, 1.54) is 37.8 Å². The molecule has 1 fully saturated rings. The van der Waals surface area contributed by atoms with E-state index in [9.17, 15) is 8.78 Å². The number of benzene rings is 1. The Morgan fingerprint density at radius 1 is 1.15 bits per heavy atom. The molecule has 0 heterocycles. The second kappa shape index (κ2) is 6.66. The van der Waals surface area contributed by atoms with Crippen LogP contribution in [0.25, 0.3) is 0 Å². The minimum Gasteiger partial charge on any atom is -0.313 e. The molecule has 3 heteroatoms. The van der Waals surface area contributed by atoms with Gasteiger partial charge in [0.05, 0.1) is 0 Å². The van der Waals surface area contributed by atoms with Crippen LogP contribution in [0.2, 0.25) is 0 Å². The van der Waals surface area contributed by atoms with E-state index < -0.39 is 11.6 Å². The van der Waals surface area contributed by atoms with Crippen LogP contribution < -0.4 is 5.32 Å². The summed E-state index contributed by atoms with van der Waals surface area (Å²) in [5, 5.41) is 3.59. The van der Waals surface area contributed by atoms with Crippen LogP contribution in [0.15, 0.2) is 18.2 Å². The van der Waals surface area contributed by atoms with Crippen molar-refractivity contribution in [3.05, 3.63) is 35.4 Å². The fraction of sp³-hybridized carbons (Fsp3) is 0.647. The lowest BCUT2D eigenvalue weighted by Gasteiger charge is -2.35. The van der Waals surface area contributed by atoms with Crippen molar-refractivity contribution in [1.29, 1.82) is 0 Å². The molecule has 0 spiro atoms. The van der Waals surface area contributed by atoms with E-state index in [0.717, 1.165) is 24.6 Å². The molecule has 1 aliphatic carbocycles. The van der Waals surface area contributed by atoms with Gasteiger partial charge in [-0.2, -0.15) is 0 Å². The van der Waals surface area contributed by atoms with Gasteiger partial charge in [0, 0.05) is 12.1 Å². The molecule has 1 aliphatic rings. The van der Waals surface area contributed by atoms with E-state index in [0.29, 0.717) is 12.5 Å². The maximum absolute atomic E-state index is 13.3. The van der Waals surface area contributed by atoms with Crippen LogP contribution in [0.3, 0.4) is 0 Å². The highest BCUT2D eigenvalue weighted by Gasteiger charge is 2.36. The molecule has 0 aromatic heterocycles. The van der Waals surface area contributed by atoms with Crippen LogP contribution in [-0.2, 0) is 6.42 Å².